The molecule has 4 heteroatoms. The molecule has 1 aliphatic carbocycles. The lowest BCUT2D eigenvalue weighted by atomic mass is 9.97. The molecule has 1 aliphatic rings. The number of hydrogen-bond donors (Lipinski definition) is 2. The van der Waals surface area contributed by atoms with Gasteiger partial charge in [0.15, 0.2) is 0 Å². The smallest absolute Gasteiger partial charge is 0.0702 e. The average Bonchev–Trinajstić information content (AvgIpc) is 2.47. The topological polar surface area (TPSA) is 46.2 Å². The molecule has 1 aromatic rings. The summed E-state index contributed by atoms with van der Waals surface area (Å²) in [5, 5.41) is 10.5. The van der Waals surface area contributed by atoms with Crippen molar-refractivity contribution in [2.45, 2.75) is 37.2 Å². The fraction of sp³-hybridized carbons (Fsp3) is 0.412. The van der Waals surface area contributed by atoms with Crippen molar-refractivity contribution in [1.82, 2.24) is 0 Å². The number of rotatable bonds is 5. The van der Waals surface area contributed by atoms with Crippen molar-refractivity contribution in [2.24, 2.45) is 5.73 Å². The quantitative estimate of drug-likeness (QED) is 0.808. The van der Waals surface area contributed by atoms with Gasteiger partial charge in [0.05, 0.1) is 11.5 Å². The molecule has 0 heterocycles. The molecule has 0 aromatic heterocycles. The van der Waals surface area contributed by atoms with Crippen molar-refractivity contribution in [3.63, 3.8) is 0 Å². The molecule has 3 N–H and O–H groups in total. The van der Waals surface area contributed by atoms with Gasteiger partial charge in [-0.05, 0) is 42.4 Å². The SMILES string of the molecule is NC[C@H](O)Cc1cccc(/C=C/C2=C(Cl)CCCC2Cl)c1. The highest BCUT2D eigenvalue weighted by molar-refractivity contribution is 6.32. The zero-order chi connectivity index (χ0) is 15.2. The number of aliphatic hydroxyl groups is 1. The Morgan fingerprint density at radius 1 is 1.38 bits per heavy atom. The summed E-state index contributed by atoms with van der Waals surface area (Å²) >= 11 is 12.6. The first-order chi connectivity index (χ1) is 10.1. The Balaban J connectivity index is 2.12. The van der Waals surface area contributed by atoms with Crippen molar-refractivity contribution < 1.29 is 5.11 Å². The van der Waals surface area contributed by atoms with Crippen LogP contribution in [0.2, 0.25) is 0 Å². The molecule has 1 aromatic carbocycles. The zero-order valence-corrected chi connectivity index (χ0v) is 13.4. The van der Waals surface area contributed by atoms with Crippen LogP contribution < -0.4 is 5.73 Å². The number of nitrogens with two attached hydrogens (primary N) is 1. The standard InChI is InChI=1S/C17H21Cl2NO/c18-16-5-2-6-17(19)15(16)8-7-12-3-1-4-13(9-12)10-14(21)11-20/h1,3-4,7-9,14,16,21H,2,5-6,10-11,20H2/b8-7+/t14-,16?/m1/s1. The fourth-order valence-electron chi connectivity index (χ4n) is 2.47. The maximum Gasteiger partial charge on any atom is 0.0702 e. The van der Waals surface area contributed by atoms with E-state index in [1.807, 2.05) is 30.4 Å². The fourth-order valence-corrected chi connectivity index (χ4v) is 3.21. The van der Waals surface area contributed by atoms with E-state index >= 15 is 0 Å². The van der Waals surface area contributed by atoms with Gasteiger partial charge in [-0.2, -0.15) is 0 Å². The Kier molecular flexibility index (Phi) is 6.31. The van der Waals surface area contributed by atoms with Crippen LogP contribution in [0.5, 0.6) is 0 Å². The van der Waals surface area contributed by atoms with E-state index in [2.05, 4.69) is 6.07 Å². The van der Waals surface area contributed by atoms with E-state index in [0.29, 0.717) is 6.42 Å². The number of halogens is 2. The van der Waals surface area contributed by atoms with E-state index in [-0.39, 0.29) is 11.9 Å². The van der Waals surface area contributed by atoms with Crippen LogP contribution in [0, 0.1) is 0 Å². The van der Waals surface area contributed by atoms with E-state index in [0.717, 1.165) is 41.0 Å². The maximum absolute atomic E-state index is 9.62. The molecule has 0 aliphatic heterocycles. The molecule has 1 unspecified atom stereocenters. The van der Waals surface area contributed by atoms with E-state index < -0.39 is 6.10 Å². The summed E-state index contributed by atoms with van der Waals surface area (Å²) in [6, 6.07) is 8.05. The molecule has 2 atom stereocenters. The third-order valence-electron chi connectivity index (χ3n) is 3.65. The molecule has 2 rings (SSSR count). The van der Waals surface area contributed by atoms with Gasteiger partial charge >= 0.3 is 0 Å². The Morgan fingerprint density at radius 3 is 2.90 bits per heavy atom. The first-order valence-corrected chi connectivity index (χ1v) is 8.09. The summed E-state index contributed by atoms with van der Waals surface area (Å²) < 4.78 is 0. The summed E-state index contributed by atoms with van der Waals surface area (Å²) in [6.07, 6.45) is 7.05. The molecule has 0 spiro atoms. The third-order valence-corrected chi connectivity index (χ3v) is 4.51. The predicted octanol–water partition coefficient (Wildman–Crippen LogP) is 3.85. The number of hydrogen-bond acceptors (Lipinski definition) is 2. The Morgan fingerprint density at radius 2 is 2.19 bits per heavy atom. The van der Waals surface area contributed by atoms with Crippen LogP contribution in [0.15, 0.2) is 40.9 Å². The van der Waals surface area contributed by atoms with Gasteiger partial charge < -0.3 is 10.8 Å². The lowest BCUT2D eigenvalue weighted by molar-refractivity contribution is 0.183. The Bertz CT molecular complexity index is 539. The number of benzene rings is 1. The van der Waals surface area contributed by atoms with Crippen LogP contribution >= 0.6 is 23.2 Å². The molecule has 0 saturated heterocycles. The van der Waals surface area contributed by atoms with E-state index in [4.69, 9.17) is 28.9 Å². The van der Waals surface area contributed by atoms with Crippen molar-refractivity contribution in [2.75, 3.05) is 6.54 Å². The minimum atomic E-state index is -0.494. The monoisotopic (exact) mass is 325 g/mol. The van der Waals surface area contributed by atoms with Crippen molar-refractivity contribution in [3.8, 4) is 0 Å². The number of aliphatic hydroxyl groups excluding tert-OH is 1. The van der Waals surface area contributed by atoms with Crippen LogP contribution in [0.25, 0.3) is 6.08 Å². The van der Waals surface area contributed by atoms with Crippen LogP contribution in [0.3, 0.4) is 0 Å². The second kappa shape index (κ2) is 8.00. The van der Waals surface area contributed by atoms with Gasteiger partial charge in [0.2, 0.25) is 0 Å². The van der Waals surface area contributed by atoms with Crippen LogP contribution in [0.4, 0.5) is 0 Å². The van der Waals surface area contributed by atoms with E-state index in [1.54, 1.807) is 0 Å². The van der Waals surface area contributed by atoms with Crippen LogP contribution in [-0.4, -0.2) is 23.1 Å². The molecule has 2 nitrogen and oxygen atoms in total. The highest BCUT2D eigenvalue weighted by Gasteiger charge is 2.17. The normalized spacial score (nSPS) is 21.0. The Labute approximate surface area is 136 Å². The van der Waals surface area contributed by atoms with Gasteiger partial charge in [-0.15, -0.1) is 11.6 Å². The molecule has 114 valence electrons. The minimum absolute atomic E-state index is 0.00439. The first kappa shape index (κ1) is 16.6. The summed E-state index contributed by atoms with van der Waals surface area (Å²) in [6.45, 7) is 0.274. The maximum atomic E-state index is 9.62. The van der Waals surface area contributed by atoms with Crippen molar-refractivity contribution >= 4 is 29.3 Å². The predicted molar refractivity (Wildman–Crippen MR) is 90.6 cm³/mol. The van der Waals surface area contributed by atoms with Gasteiger partial charge in [-0.3, -0.25) is 0 Å². The second-order valence-corrected chi connectivity index (χ2v) is 6.38. The molecule has 0 bridgehead atoms. The highest BCUT2D eigenvalue weighted by atomic mass is 35.5. The van der Waals surface area contributed by atoms with Crippen LogP contribution in [-0.2, 0) is 6.42 Å². The van der Waals surface area contributed by atoms with Gasteiger partial charge in [0.1, 0.15) is 0 Å². The molecule has 0 fully saturated rings. The highest BCUT2D eigenvalue weighted by Crippen LogP contribution is 2.32. The number of alkyl halides is 1. The second-order valence-electron chi connectivity index (χ2n) is 5.39. The van der Waals surface area contributed by atoms with Crippen LogP contribution in [0.1, 0.15) is 30.4 Å². The molecular formula is C17H21Cl2NO. The van der Waals surface area contributed by atoms with Gasteiger partial charge in [-0.1, -0.05) is 48.0 Å². The largest absolute Gasteiger partial charge is 0.391 e. The summed E-state index contributed by atoms with van der Waals surface area (Å²) in [5.74, 6) is 0. The molecular weight excluding hydrogens is 305 g/mol. The summed E-state index contributed by atoms with van der Waals surface area (Å²) in [5.41, 5.74) is 8.61. The lowest BCUT2D eigenvalue weighted by Gasteiger charge is -2.18. The first-order valence-electron chi connectivity index (χ1n) is 7.28. The van der Waals surface area contributed by atoms with Gasteiger partial charge in [0.25, 0.3) is 0 Å². The zero-order valence-electron chi connectivity index (χ0n) is 11.9. The number of allylic oxidation sites excluding steroid dienone is 3. The van der Waals surface area contributed by atoms with E-state index in [9.17, 15) is 5.11 Å². The average molecular weight is 326 g/mol. The molecule has 0 radical (unpaired) electrons. The minimum Gasteiger partial charge on any atom is -0.391 e. The lowest BCUT2D eigenvalue weighted by Crippen LogP contribution is -2.21. The molecule has 21 heavy (non-hydrogen) atoms. The summed E-state index contributed by atoms with van der Waals surface area (Å²) in [4.78, 5) is 0. The molecule has 0 amide bonds. The van der Waals surface area contributed by atoms with Crippen molar-refractivity contribution in [1.29, 1.82) is 0 Å². The third kappa shape index (κ3) is 4.86. The molecule has 0 saturated carbocycles. The summed E-state index contributed by atoms with van der Waals surface area (Å²) in [7, 11) is 0. The van der Waals surface area contributed by atoms with E-state index in [1.165, 1.54) is 0 Å². The van der Waals surface area contributed by atoms with Gasteiger partial charge in [-0.25, -0.2) is 0 Å². The van der Waals surface area contributed by atoms with Crippen molar-refractivity contribution in [3.05, 3.63) is 52.1 Å². The Hall–Kier alpha value is -0.800. The van der Waals surface area contributed by atoms with Gasteiger partial charge in [0, 0.05) is 11.6 Å².